The molecule has 0 aliphatic heterocycles. The molecule has 1 aromatic carbocycles. The van der Waals surface area contributed by atoms with Crippen molar-refractivity contribution in [3.63, 3.8) is 0 Å². The number of hydrogen-bond donors (Lipinski definition) is 3. The van der Waals surface area contributed by atoms with Crippen LogP contribution in [0.15, 0.2) is 42.9 Å². The number of rotatable bonds is 7. The number of nitrogens with zero attached hydrogens (tertiary/aromatic N) is 2. The molecule has 0 aliphatic carbocycles. The van der Waals surface area contributed by atoms with Gasteiger partial charge in [-0.3, -0.25) is 9.59 Å². The number of nitrogens with one attached hydrogen (secondary N) is 2. The van der Waals surface area contributed by atoms with Gasteiger partial charge in [-0.15, -0.1) is 0 Å². The van der Waals surface area contributed by atoms with Gasteiger partial charge in [-0.1, -0.05) is 30.3 Å². The van der Waals surface area contributed by atoms with Crippen molar-refractivity contribution >= 4 is 11.8 Å². The Morgan fingerprint density at radius 1 is 1.19 bits per heavy atom. The lowest BCUT2D eigenvalue weighted by atomic mass is 10.1. The minimum Gasteiger partial charge on any atom is -0.350 e. The first kappa shape index (κ1) is 20.6. The molecule has 2 amide bonds. The van der Waals surface area contributed by atoms with Crippen LogP contribution in [-0.4, -0.2) is 39.0 Å². The Morgan fingerprint density at radius 2 is 1.85 bits per heavy atom. The minimum absolute atomic E-state index is 0.241. The van der Waals surface area contributed by atoms with E-state index < -0.39 is 12.1 Å². The molecule has 0 spiro atoms. The summed E-state index contributed by atoms with van der Waals surface area (Å²) in [6.45, 7) is 8.00. The van der Waals surface area contributed by atoms with E-state index in [0.29, 0.717) is 13.0 Å². The zero-order valence-corrected chi connectivity index (χ0v) is 16.4. The van der Waals surface area contributed by atoms with Crippen molar-refractivity contribution in [2.75, 3.05) is 0 Å². The Balaban J connectivity index is 1.86. The van der Waals surface area contributed by atoms with Gasteiger partial charge < -0.3 is 20.9 Å². The fraction of sp³-hybridized carbons (Fsp3) is 0.450. The van der Waals surface area contributed by atoms with Gasteiger partial charge in [0.2, 0.25) is 11.8 Å². The highest BCUT2D eigenvalue weighted by Gasteiger charge is 2.23. The Labute approximate surface area is 160 Å². The van der Waals surface area contributed by atoms with Gasteiger partial charge in [-0.25, -0.2) is 4.98 Å². The normalized spacial score (nSPS) is 13.7. The lowest BCUT2D eigenvalue weighted by Gasteiger charge is -2.24. The predicted octanol–water partition coefficient (Wildman–Crippen LogP) is 1.22. The number of amides is 2. The highest BCUT2D eigenvalue weighted by molar-refractivity contribution is 5.89. The van der Waals surface area contributed by atoms with Crippen LogP contribution >= 0.6 is 0 Å². The molecule has 1 heterocycles. The van der Waals surface area contributed by atoms with Crippen LogP contribution in [-0.2, 0) is 22.6 Å². The predicted molar refractivity (Wildman–Crippen MR) is 105 cm³/mol. The van der Waals surface area contributed by atoms with E-state index in [4.69, 9.17) is 5.73 Å². The maximum atomic E-state index is 12.3. The summed E-state index contributed by atoms with van der Waals surface area (Å²) in [5.74, 6) is -0.612. The number of nitrogens with two attached hydrogens (primary N) is 1. The van der Waals surface area contributed by atoms with Crippen molar-refractivity contribution in [1.82, 2.24) is 20.2 Å². The van der Waals surface area contributed by atoms with E-state index in [0.717, 1.165) is 5.69 Å². The smallest absolute Gasteiger partial charge is 0.242 e. The minimum atomic E-state index is -0.769. The first-order chi connectivity index (χ1) is 12.6. The van der Waals surface area contributed by atoms with Gasteiger partial charge in [0.15, 0.2) is 0 Å². The summed E-state index contributed by atoms with van der Waals surface area (Å²) in [6.07, 6.45) is 3.92. The lowest BCUT2D eigenvalue weighted by Crippen LogP contribution is -2.54. The average Bonchev–Trinajstić information content (AvgIpc) is 3.01. The standard InChI is InChI=1S/C20H29N5O2/c1-14(18(26)24-20(2,3)4)23-19(27)17(21)10-16-12-25(13-22-16)11-15-8-6-5-7-9-15/h5-9,12-14,17H,10-11,21H2,1-4H3,(H,23,27)(H,24,26)/t14?,17-/m0/s1. The fourth-order valence-corrected chi connectivity index (χ4v) is 2.57. The van der Waals surface area contributed by atoms with E-state index in [1.54, 1.807) is 13.3 Å². The second-order valence-electron chi connectivity index (χ2n) is 7.80. The van der Waals surface area contributed by atoms with Crippen molar-refractivity contribution in [2.45, 2.75) is 58.3 Å². The van der Waals surface area contributed by atoms with Crippen LogP contribution < -0.4 is 16.4 Å². The van der Waals surface area contributed by atoms with Crippen LogP contribution in [0.5, 0.6) is 0 Å². The number of benzene rings is 1. The summed E-state index contributed by atoms with van der Waals surface area (Å²) in [4.78, 5) is 28.7. The van der Waals surface area contributed by atoms with Gasteiger partial charge in [-0.05, 0) is 33.3 Å². The molecule has 0 radical (unpaired) electrons. The molecule has 0 saturated carbocycles. The average molecular weight is 371 g/mol. The van der Waals surface area contributed by atoms with E-state index in [-0.39, 0.29) is 17.4 Å². The second kappa shape index (κ2) is 8.81. The fourth-order valence-electron chi connectivity index (χ4n) is 2.57. The first-order valence-corrected chi connectivity index (χ1v) is 9.06. The van der Waals surface area contributed by atoms with E-state index in [2.05, 4.69) is 15.6 Å². The zero-order valence-electron chi connectivity index (χ0n) is 16.4. The van der Waals surface area contributed by atoms with Gasteiger partial charge in [0.1, 0.15) is 6.04 Å². The Kier molecular flexibility index (Phi) is 6.74. The van der Waals surface area contributed by atoms with Crippen LogP contribution in [0.25, 0.3) is 0 Å². The largest absolute Gasteiger partial charge is 0.350 e. The molecule has 0 saturated heterocycles. The quantitative estimate of drug-likeness (QED) is 0.681. The van der Waals surface area contributed by atoms with Crippen LogP contribution in [0.1, 0.15) is 39.0 Å². The molecule has 1 unspecified atom stereocenters. The van der Waals surface area contributed by atoms with E-state index in [1.807, 2.05) is 61.9 Å². The molecule has 0 bridgehead atoms. The van der Waals surface area contributed by atoms with Gasteiger partial charge in [0.25, 0.3) is 0 Å². The molecule has 4 N–H and O–H groups in total. The maximum Gasteiger partial charge on any atom is 0.242 e. The Morgan fingerprint density at radius 3 is 2.48 bits per heavy atom. The third-order valence-electron chi connectivity index (χ3n) is 3.91. The molecular weight excluding hydrogens is 342 g/mol. The summed E-state index contributed by atoms with van der Waals surface area (Å²) < 4.78 is 1.95. The number of carbonyl (C=O) groups excluding carboxylic acids is 2. The highest BCUT2D eigenvalue weighted by atomic mass is 16.2. The molecule has 1 aromatic heterocycles. The molecule has 0 fully saturated rings. The number of carbonyl (C=O) groups is 2. The molecule has 2 aromatic rings. The van der Waals surface area contributed by atoms with Crippen LogP contribution in [0.3, 0.4) is 0 Å². The Hall–Kier alpha value is -2.67. The van der Waals surface area contributed by atoms with Crippen molar-refractivity contribution in [1.29, 1.82) is 0 Å². The number of hydrogen-bond acceptors (Lipinski definition) is 4. The summed E-state index contributed by atoms with van der Waals surface area (Å²) in [6, 6.07) is 8.62. The molecule has 2 atom stereocenters. The molecular formula is C20H29N5O2. The van der Waals surface area contributed by atoms with Gasteiger partial charge in [-0.2, -0.15) is 0 Å². The van der Waals surface area contributed by atoms with Crippen molar-refractivity contribution in [3.8, 4) is 0 Å². The van der Waals surface area contributed by atoms with Gasteiger partial charge >= 0.3 is 0 Å². The molecule has 27 heavy (non-hydrogen) atoms. The van der Waals surface area contributed by atoms with Crippen molar-refractivity contribution < 1.29 is 9.59 Å². The van der Waals surface area contributed by atoms with E-state index in [9.17, 15) is 9.59 Å². The van der Waals surface area contributed by atoms with Crippen LogP contribution in [0.4, 0.5) is 0 Å². The molecule has 2 rings (SSSR count). The van der Waals surface area contributed by atoms with Crippen LogP contribution in [0.2, 0.25) is 0 Å². The summed E-state index contributed by atoms with van der Waals surface area (Å²) in [7, 11) is 0. The number of imidazole rings is 1. The van der Waals surface area contributed by atoms with Crippen LogP contribution in [0, 0.1) is 0 Å². The summed E-state index contributed by atoms with van der Waals surface area (Å²) >= 11 is 0. The van der Waals surface area contributed by atoms with E-state index >= 15 is 0 Å². The maximum absolute atomic E-state index is 12.3. The molecule has 7 nitrogen and oxygen atoms in total. The van der Waals surface area contributed by atoms with Gasteiger partial charge in [0.05, 0.1) is 18.1 Å². The molecule has 146 valence electrons. The number of aromatic nitrogens is 2. The monoisotopic (exact) mass is 371 g/mol. The molecule has 0 aliphatic rings. The van der Waals surface area contributed by atoms with E-state index in [1.165, 1.54) is 5.56 Å². The Bertz CT molecular complexity index is 764. The van der Waals surface area contributed by atoms with Crippen molar-refractivity contribution in [3.05, 3.63) is 54.1 Å². The third-order valence-corrected chi connectivity index (χ3v) is 3.91. The summed E-state index contributed by atoms with van der Waals surface area (Å²) in [5.41, 5.74) is 7.54. The molecule has 7 heteroatoms. The SMILES string of the molecule is CC(NC(=O)[C@@H](N)Cc1cn(Cc2ccccc2)cn1)C(=O)NC(C)(C)C. The van der Waals surface area contributed by atoms with Gasteiger partial charge in [0, 0.05) is 24.7 Å². The lowest BCUT2D eigenvalue weighted by molar-refractivity contribution is -0.130. The highest BCUT2D eigenvalue weighted by Crippen LogP contribution is 2.06. The third kappa shape index (κ3) is 6.86. The second-order valence-corrected chi connectivity index (χ2v) is 7.80. The summed E-state index contributed by atoms with van der Waals surface area (Å²) in [5, 5.41) is 5.49. The zero-order chi connectivity index (χ0) is 20.0. The first-order valence-electron chi connectivity index (χ1n) is 9.06. The topological polar surface area (TPSA) is 102 Å². The van der Waals surface area contributed by atoms with Crippen molar-refractivity contribution in [2.24, 2.45) is 5.73 Å².